The van der Waals surface area contributed by atoms with E-state index < -0.39 is 0 Å². The van der Waals surface area contributed by atoms with Gasteiger partial charge in [0.25, 0.3) is 0 Å². The lowest BCUT2D eigenvalue weighted by atomic mass is 10.1. The van der Waals surface area contributed by atoms with Crippen molar-refractivity contribution >= 4 is 11.4 Å². The average Bonchev–Trinajstić information content (AvgIpc) is 2.56. The molecule has 1 N–H and O–H groups in total. The molecule has 0 bridgehead atoms. The summed E-state index contributed by atoms with van der Waals surface area (Å²) in [5, 5.41) is 3.32. The van der Waals surface area contributed by atoms with Crippen LogP contribution >= 0.6 is 0 Å². The molecule has 0 aliphatic rings. The summed E-state index contributed by atoms with van der Waals surface area (Å²) < 4.78 is 0. The van der Waals surface area contributed by atoms with Gasteiger partial charge in [-0.25, -0.2) is 0 Å². The third kappa shape index (κ3) is 3.23. The third-order valence-corrected chi connectivity index (χ3v) is 3.51. The standard InChI is InChI=1S/C20H18N2/c1-15-12-13-21-20(14-15)18-10-8-17(9-11-18)16(2)22-19-6-4-3-5-7-19/h3-14,22H,2H2,1H3. The van der Waals surface area contributed by atoms with Gasteiger partial charge in [0.1, 0.15) is 0 Å². The molecule has 0 saturated heterocycles. The molecule has 0 unspecified atom stereocenters. The van der Waals surface area contributed by atoms with Crippen LogP contribution in [-0.4, -0.2) is 4.98 Å². The lowest BCUT2D eigenvalue weighted by molar-refractivity contribution is 1.28. The second-order valence-corrected chi connectivity index (χ2v) is 5.27. The number of hydrogen-bond donors (Lipinski definition) is 1. The van der Waals surface area contributed by atoms with Gasteiger partial charge in [0, 0.05) is 23.1 Å². The van der Waals surface area contributed by atoms with E-state index in [0.717, 1.165) is 28.2 Å². The minimum atomic E-state index is 0.884. The van der Waals surface area contributed by atoms with Crippen LogP contribution in [-0.2, 0) is 0 Å². The molecule has 1 aromatic heterocycles. The molecule has 0 radical (unpaired) electrons. The maximum Gasteiger partial charge on any atom is 0.0704 e. The molecule has 3 rings (SSSR count). The van der Waals surface area contributed by atoms with Gasteiger partial charge in [0.15, 0.2) is 0 Å². The summed E-state index contributed by atoms with van der Waals surface area (Å²) in [5.41, 5.74) is 6.31. The van der Waals surface area contributed by atoms with E-state index in [-0.39, 0.29) is 0 Å². The second kappa shape index (κ2) is 6.27. The number of benzene rings is 2. The van der Waals surface area contributed by atoms with E-state index in [9.17, 15) is 0 Å². The summed E-state index contributed by atoms with van der Waals surface area (Å²) in [7, 11) is 0. The fraction of sp³-hybridized carbons (Fsp3) is 0.0500. The highest BCUT2D eigenvalue weighted by atomic mass is 14.9. The fourth-order valence-corrected chi connectivity index (χ4v) is 2.30. The summed E-state index contributed by atoms with van der Waals surface area (Å²) in [4.78, 5) is 4.41. The van der Waals surface area contributed by atoms with Crippen molar-refractivity contribution in [3.8, 4) is 11.3 Å². The SMILES string of the molecule is C=C(Nc1ccccc1)c1ccc(-c2cc(C)ccn2)cc1. The first kappa shape index (κ1) is 14.1. The van der Waals surface area contributed by atoms with Crippen molar-refractivity contribution in [2.24, 2.45) is 0 Å². The third-order valence-electron chi connectivity index (χ3n) is 3.51. The van der Waals surface area contributed by atoms with Gasteiger partial charge in [-0.3, -0.25) is 4.98 Å². The normalized spacial score (nSPS) is 10.2. The molecule has 0 atom stereocenters. The molecular weight excluding hydrogens is 268 g/mol. The average molecular weight is 286 g/mol. The Morgan fingerprint density at radius 2 is 1.68 bits per heavy atom. The minimum Gasteiger partial charge on any atom is -0.356 e. The van der Waals surface area contributed by atoms with Crippen LogP contribution in [0.2, 0.25) is 0 Å². The zero-order valence-electron chi connectivity index (χ0n) is 12.6. The molecule has 0 aliphatic heterocycles. The summed E-state index contributed by atoms with van der Waals surface area (Å²) >= 11 is 0. The number of anilines is 1. The molecule has 1 heterocycles. The zero-order valence-corrected chi connectivity index (χ0v) is 12.6. The van der Waals surface area contributed by atoms with Crippen molar-refractivity contribution in [2.75, 3.05) is 5.32 Å². The van der Waals surface area contributed by atoms with Crippen molar-refractivity contribution in [1.29, 1.82) is 0 Å². The van der Waals surface area contributed by atoms with Gasteiger partial charge in [-0.1, -0.05) is 49.0 Å². The van der Waals surface area contributed by atoms with E-state index in [1.807, 2.05) is 42.6 Å². The number of rotatable bonds is 4. The molecule has 0 spiro atoms. The van der Waals surface area contributed by atoms with Crippen LogP contribution in [0.15, 0.2) is 79.5 Å². The quantitative estimate of drug-likeness (QED) is 0.718. The highest BCUT2D eigenvalue weighted by Crippen LogP contribution is 2.22. The Labute approximate surface area is 131 Å². The van der Waals surface area contributed by atoms with Gasteiger partial charge in [-0.2, -0.15) is 0 Å². The smallest absolute Gasteiger partial charge is 0.0704 e. The second-order valence-electron chi connectivity index (χ2n) is 5.27. The predicted molar refractivity (Wildman–Crippen MR) is 93.5 cm³/mol. The van der Waals surface area contributed by atoms with Crippen molar-refractivity contribution in [1.82, 2.24) is 4.98 Å². The van der Waals surface area contributed by atoms with Crippen LogP contribution < -0.4 is 5.32 Å². The Bertz CT molecular complexity index is 774. The molecule has 3 aromatic rings. The largest absolute Gasteiger partial charge is 0.356 e. The first-order chi connectivity index (χ1) is 10.7. The van der Waals surface area contributed by atoms with Gasteiger partial charge in [-0.15, -0.1) is 0 Å². The van der Waals surface area contributed by atoms with Crippen molar-refractivity contribution < 1.29 is 0 Å². The minimum absolute atomic E-state index is 0.884. The van der Waals surface area contributed by atoms with Crippen LogP contribution in [0.1, 0.15) is 11.1 Å². The summed E-state index contributed by atoms with van der Waals surface area (Å²) in [6.07, 6.45) is 1.84. The first-order valence-electron chi connectivity index (χ1n) is 7.27. The number of nitrogens with one attached hydrogen (secondary N) is 1. The van der Waals surface area contributed by atoms with Crippen LogP contribution in [0.3, 0.4) is 0 Å². The number of aromatic nitrogens is 1. The monoisotopic (exact) mass is 286 g/mol. The summed E-state index contributed by atoms with van der Waals surface area (Å²) in [5.74, 6) is 0. The van der Waals surface area contributed by atoms with E-state index in [0.29, 0.717) is 0 Å². The predicted octanol–water partition coefficient (Wildman–Crippen LogP) is 5.14. The molecule has 0 fully saturated rings. The number of aryl methyl sites for hydroxylation is 1. The van der Waals surface area contributed by atoms with Gasteiger partial charge in [0.05, 0.1) is 5.69 Å². The van der Waals surface area contributed by atoms with E-state index in [1.54, 1.807) is 0 Å². The van der Waals surface area contributed by atoms with Gasteiger partial charge < -0.3 is 5.32 Å². The van der Waals surface area contributed by atoms with Crippen LogP contribution in [0, 0.1) is 6.92 Å². The molecule has 0 amide bonds. The van der Waals surface area contributed by atoms with Crippen LogP contribution in [0.5, 0.6) is 0 Å². The van der Waals surface area contributed by atoms with Crippen molar-refractivity contribution in [2.45, 2.75) is 6.92 Å². The van der Waals surface area contributed by atoms with E-state index in [2.05, 4.69) is 54.1 Å². The Kier molecular flexibility index (Phi) is 4.01. The lowest BCUT2D eigenvalue weighted by Gasteiger charge is -2.10. The number of pyridine rings is 1. The molecule has 0 saturated carbocycles. The maximum atomic E-state index is 4.41. The van der Waals surface area contributed by atoms with Gasteiger partial charge >= 0.3 is 0 Å². The van der Waals surface area contributed by atoms with E-state index in [4.69, 9.17) is 0 Å². The molecule has 2 nitrogen and oxygen atoms in total. The van der Waals surface area contributed by atoms with Gasteiger partial charge in [-0.05, 0) is 42.3 Å². The van der Waals surface area contributed by atoms with E-state index in [1.165, 1.54) is 5.56 Å². The Balaban J connectivity index is 1.78. The van der Waals surface area contributed by atoms with Crippen LogP contribution in [0.25, 0.3) is 17.0 Å². The molecule has 22 heavy (non-hydrogen) atoms. The fourth-order valence-electron chi connectivity index (χ4n) is 2.30. The molecule has 0 aliphatic carbocycles. The molecule has 2 aromatic carbocycles. The highest BCUT2D eigenvalue weighted by Gasteiger charge is 2.02. The number of para-hydroxylation sites is 1. The van der Waals surface area contributed by atoms with Crippen LogP contribution in [0.4, 0.5) is 5.69 Å². The zero-order chi connectivity index (χ0) is 15.4. The lowest BCUT2D eigenvalue weighted by Crippen LogP contribution is -1.97. The Hall–Kier alpha value is -2.87. The van der Waals surface area contributed by atoms with E-state index >= 15 is 0 Å². The van der Waals surface area contributed by atoms with Gasteiger partial charge in [0.2, 0.25) is 0 Å². The van der Waals surface area contributed by atoms with Crippen molar-refractivity contribution in [3.05, 3.63) is 90.6 Å². The molecule has 108 valence electrons. The first-order valence-corrected chi connectivity index (χ1v) is 7.27. The highest BCUT2D eigenvalue weighted by molar-refractivity contribution is 5.76. The van der Waals surface area contributed by atoms with Crippen molar-refractivity contribution in [3.63, 3.8) is 0 Å². The Morgan fingerprint density at radius 1 is 0.955 bits per heavy atom. The maximum absolute atomic E-state index is 4.41. The topological polar surface area (TPSA) is 24.9 Å². The number of hydrogen-bond acceptors (Lipinski definition) is 2. The summed E-state index contributed by atoms with van der Waals surface area (Å²) in [6, 6.07) is 22.4. The molecule has 2 heteroatoms. The molecular formula is C20H18N2. The Morgan fingerprint density at radius 3 is 2.36 bits per heavy atom. The summed E-state index contributed by atoms with van der Waals surface area (Å²) in [6.45, 7) is 6.18. The number of nitrogens with zero attached hydrogens (tertiary/aromatic N) is 1.